The highest BCUT2D eigenvalue weighted by molar-refractivity contribution is 6.06. The fraction of sp³-hybridized carbons (Fsp3) is 0.100. The molecule has 0 aromatic heterocycles. The molecule has 23 heavy (non-hydrogen) atoms. The molecule has 3 heteroatoms. The zero-order valence-corrected chi connectivity index (χ0v) is 13.0. The van der Waals surface area contributed by atoms with Crippen molar-refractivity contribution in [1.82, 2.24) is 0 Å². The Morgan fingerprint density at radius 1 is 1.04 bits per heavy atom. The molecule has 0 saturated heterocycles. The van der Waals surface area contributed by atoms with E-state index < -0.39 is 5.97 Å². The number of carbonyl (C=O) groups is 2. The average Bonchev–Trinajstić information content (AvgIpc) is 2.60. The van der Waals surface area contributed by atoms with Gasteiger partial charge in [-0.2, -0.15) is 0 Å². The normalized spacial score (nSPS) is 10.5. The van der Waals surface area contributed by atoms with Crippen LogP contribution in [0.5, 0.6) is 5.75 Å². The first-order valence-corrected chi connectivity index (χ1v) is 7.37. The zero-order chi connectivity index (χ0) is 16.7. The van der Waals surface area contributed by atoms with E-state index in [4.69, 9.17) is 4.74 Å². The van der Waals surface area contributed by atoms with Crippen molar-refractivity contribution in [3.8, 4) is 5.75 Å². The molecule has 116 valence electrons. The summed E-state index contributed by atoms with van der Waals surface area (Å²) in [4.78, 5) is 23.6. The maximum atomic E-state index is 12.0. The van der Waals surface area contributed by atoms with Gasteiger partial charge in [-0.15, -0.1) is 0 Å². The van der Waals surface area contributed by atoms with Crippen molar-refractivity contribution >= 4 is 17.8 Å². The Kier molecular flexibility index (Phi) is 5.64. The molecule has 0 unspecified atom stereocenters. The van der Waals surface area contributed by atoms with Crippen molar-refractivity contribution < 1.29 is 14.3 Å². The molecule has 2 rings (SSSR count). The number of hydrogen-bond donors (Lipinski definition) is 0. The van der Waals surface area contributed by atoms with Gasteiger partial charge in [0.25, 0.3) is 0 Å². The Morgan fingerprint density at radius 3 is 2.30 bits per heavy atom. The van der Waals surface area contributed by atoms with E-state index in [0.29, 0.717) is 23.3 Å². The summed E-state index contributed by atoms with van der Waals surface area (Å²) in [6.07, 6.45) is 3.81. The van der Waals surface area contributed by atoms with Crippen LogP contribution in [0.2, 0.25) is 0 Å². The number of ketones is 1. The summed E-state index contributed by atoms with van der Waals surface area (Å²) >= 11 is 0. The number of hydrogen-bond acceptors (Lipinski definition) is 3. The molecule has 0 fully saturated rings. The molecular formula is C20H18O3. The maximum Gasteiger partial charge on any atom is 0.338 e. The third kappa shape index (κ3) is 4.78. The van der Waals surface area contributed by atoms with E-state index in [1.807, 2.05) is 25.1 Å². The van der Waals surface area contributed by atoms with Crippen LogP contribution in [0.15, 0.2) is 72.8 Å². The highest BCUT2D eigenvalue weighted by Crippen LogP contribution is 2.15. The van der Waals surface area contributed by atoms with Gasteiger partial charge in [0.15, 0.2) is 5.78 Å². The molecule has 0 saturated carbocycles. The summed E-state index contributed by atoms with van der Waals surface area (Å²) in [5.41, 5.74) is 1.93. The largest absolute Gasteiger partial charge is 0.423 e. The molecule has 0 atom stereocenters. The SMILES string of the molecule is C=C(CC)C(=O)Oc1ccc(C=CC(=O)c2ccccc2)cc1. The first kappa shape index (κ1) is 16.4. The lowest BCUT2D eigenvalue weighted by atomic mass is 10.1. The summed E-state index contributed by atoms with van der Waals surface area (Å²) in [6.45, 7) is 5.49. The number of benzene rings is 2. The van der Waals surface area contributed by atoms with Gasteiger partial charge in [-0.25, -0.2) is 4.79 Å². The Morgan fingerprint density at radius 2 is 1.70 bits per heavy atom. The molecule has 3 nitrogen and oxygen atoms in total. The van der Waals surface area contributed by atoms with E-state index in [2.05, 4.69) is 6.58 Å². The summed E-state index contributed by atoms with van der Waals surface area (Å²) in [5.74, 6) is -0.0217. The van der Waals surface area contributed by atoms with E-state index in [-0.39, 0.29) is 5.78 Å². The molecule has 2 aromatic carbocycles. The van der Waals surface area contributed by atoms with Gasteiger partial charge in [0.1, 0.15) is 5.75 Å². The van der Waals surface area contributed by atoms with E-state index >= 15 is 0 Å². The Hall–Kier alpha value is -2.94. The van der Waals surface area contributed by atoms with Gasteiger partial charge < -0.3 is 4.74 Å². The smallest absolute Gasteiger partial charge is 0.338 e. The van der Waals surface area contributed by atoms with Gasteiger partial charge in [-0.05, 0) is 30.2 Å². The van der Waals surface area contributed by atoms with Crippen LogP contribution >= 0.6 is 0 Å². The Labute approximate surface area is 135 Å². The monoisotopic (exact) mass is 306 g/mol. The van der Waals surface area contributed by atoms with Crippen molar-refractivity contribution in [3.63, 3.8) is 0 Å². The molecule has 0 radical (unpaired) electrons. The van der Waals surface area contributed by atoms with Crippen molar-refractivity contribution in [3.05, 3.63) is 84.0 Å². The maximum absolute atomic E-state index is 12.0. The van der Waals surface area contributed by atoms with Crippen molar-refractivity contribution in [1.29, 1.82) is 0 Å². The second kappa shape index (κ2) is 7.90. The molecule has 2 aromatic rings. The Balaban J connectivity index is 2.00. The minimum absolute atomic E-state index is 0.0552. The molecular weight excluding hydrogens is 288 g/mol. The van der Waals surface area contributed by atoms with Crippen LogP contribution in [-0.4, -0.2) is 11.8 Å². The van der Waals surface area contributed by atoms with Crippen LogP contribution < -0.4 is 4.74 Å². The van der Waals surface area contributed by atoms with E-state index in [0.717, 1.165) is 5.56 Å². The molecule has 0 N–H and O–H groups in total. The van der Waals surface area contributed by atoms with Gasteiger partial charge in [0.05, 0.1) is 0 Å². The fourth-order valence-electron chi connectivity index (χ4n) is 1.84. The van der Waals surface area contributed by atoms with Gasteiger partial charge in [-0.1, -0.05) is 62.0 Å². The lowest BCUT2D eigenvalue weighted by molar-refractivity contribution is -0.130. The average molecular weight is 306 g/mol. The highest BCUT2D eigenvalue weighted by atomic mass is 16.5. The third-order valence-electron chi connectivity index (χ3n) is 3.29. The van der Waals surface area contributed by atoms with Gasteiger partial charge >= 0.3 is 5.97 Å². The molecule has 0 aliphatic rings. The van der Waals surface area contributed by atoms with Crippen molar-refractivity contribution in [2.45, 2.75) is 13.3 Å². The summed E-state index contributed by atoms with van der Waals surface area (Å²) in [5, 5.41) is 0. The summed E-state index contributed by atoms with van der Waals surface area (Å²) < 4.78 is 5.19. The molecule has 0 aliphatic carbocycles. The quantitative estimate of drug-likeness (QED) is 0.342. The summed E-state index contributed by atoms with van der Waals surface area (Å²) in [7, 11) is 0. The van der Waals surface area contributed by atoms with E-state index in [9.17, 15) is 9.59 Å². The predicted octanol–water partition coefficient (Wildman–Crippen LogP) is 4.45. The van der Waals surface area contributed by atoms with Gasteiger partial charge in [0.2, 0.25) is 0 Å². The van der Waals surface area contributed by atoms with E-state index in [1.165, 1.54) is 6.08 Å². The minimum atomic E-state index is -0.421. The number of ether oxygens (including phenoxy) is 1. The zero-order valence-electron chi connectivity index (χ0n) is 13.0. The second-order valence-corrected chi connectivity index (χ2v) is 4.98. The van der Waals surface area contributed by atoms with Crippen LogP contribution in [-0.2, 0) is 4.79 Å². The third-order valence-corrected chi connectivity index (χ3v) is 3.29. The molecule has 0 spiro atoms. The standard InChI is InChI=1S/C20H18O3/c1-3-15(2)20(22)23-18-12-9-16(10-13-18)11-14-19(21)17-7-5-4-6-8-17/h4-14H,2-3H2,1H3. The number of esters is 1. The van der Waals surface area contributed by atoms with Crippen LogP contribution in [0.25, 0.3) is 6.08 Å². The highest BCUT2D eigenvalue weighted by Gasteiger charge is 2.07. The fourth-order valence-corrected chi connectivity index (χ4v) is 1.84. The molecule has 0 heterocycles. The van der Waals surface area contributed by atoms with E-state index in [1.54, 1.807) is 42.5 Å². The van der Waals surface area contributed by atoms with Crippen LogP contribution in [0.4, 0.5) is 0 Å². The van der Waals surface area contributed by atoms with Crippen LogP contribution in [0.1, 0.15) is 29.3 Å². The Bertz CT molecular complexity index is 725. The van der Waals surface area contributed by atoms with Crippen molar-refractivity contribution in [2.24, 2.45) is 0 Å². The first-order chi connectivity index (χ1) is 11.1. The van der Waals surface area contributed by atoms with Crippen LogP contribution in [0, 0.1) is 0 Å². The summed E-state index contributed by atoms with van der Waals surface area (Å²) in [6, 6.07) is 16.0. The van der Waals surface area contributed by atoms with Crippen LogP contribution in [0.3, 0.4) is 0 Å². The first-order valence-electron chi connectivity index (χ1n) is 7.37. The second-order valence-electron chi connectivity index (χ2n) is 4.98. The van der Waals surface area contributed by atoms with Gasteiger partial charge in [0, 0.05) is 11.1 Å². The molecule has 0 bridgehead atoms. The topological polar surface area (TPSA) is 43.4 Å². The molecule has 0 amide bonds. The van der Waals surface area contributed by atoms with Crippen molar-refractivity contribution in [2.75, 3.05) is 0 Å². The van der Waals surface area contributed by atoms with Gasteiger partial charge in [-0.3, -0.25) is 4.79 Å². The number of carbonyl (C=O) groups excluding carboxylic acids is 2. The number of allylic oxidation sites excluding steroid dienone is 1. The lowest BCUT2D eigenvalue weighted by Crippen LogP contribution is -2.09. The minimum Gasteiger partial charge on any atom is -0.423 e. The number of rotatable bonds is 6. The molecule has 0 aliphatic heterocycles. The lowest BCUT2D eigenvalue weighted by Gasteiger charge is -2.05. The predicted molar refractivity (Wildman–Crippen MR) is 91.3 cm³/mol.